The van der Waals surface area contributed by atoms with E-state index in [0.29, 0.717) is 19.4 Å². The predicted molar refractivity (Wildman–Crippen MR) is 137 cm³/mol. The van der Waals surface area contributed by atoms with Gasteiger partial charge in [0.1, 0.15) is 5.41 Å². The number of esters is 1. The Morgan fingerprint density at radius 1 is 0.970 bits per heavy atom. The van der Waals surface area contributed by atoms with Crippen molar-refractivity contribution in [3.05, 3.63) is 0 Å². The molecule has 1 heterocycles. The van der Waals surface area contributed by atoms with Gasteiger partial charge in [-0.2, -0.15) is 0 Å². The topological polar surface area (TPSA) is 75.7 Å². The zero-order chi connectivity index (χ0) is 24.7. The highest BCUT2D eigenvalue weighted by atomic mass is 32.1. The number of carbonyl (C=O) groups excluding carboxylic acids is 3. The van der Waals surface area contributed by atoms with Crippen LogP contribution >= 0.6 is 12.2 Å². The Hall–Kier alpha value is -1.50. The van der Waals surface area contributed by atoms with Crippen molar-refractivity contribution >= 4 is 35.1 Å². The number of nitrogens with zero attached hydrogens (tertiary/aromatic N) is 1. The van der Waals surface area contributed by atoms with E-state index in [4.69, 9.17) is 12.2 Å². The second-order valence-electron chi connectivity index (χ2n) is 9.45. The predicted octanol–water partition coefficient (Wildman–Crippen LogP) is 5.92. The van der Waals surface area contributed by atoms with Crippen LogP contribution in [-0.2, 0) is 19.1 Å². The van der Waals surface area contributed by atoms with Gasteiger partial charge in [-0.25, -0.2) is 0 Å². The zero-order valence-corrected chi connectivity index (χ0v) is 22.2. The highest BCUT2D eigenvalue weighted by Gasteiger charge is 2.54. The van der Waals surface area contributed by atoms with Gasteiger partial charge in [0.25, 0.3) is 0 Å². The van der Waals surface area contributed by atoms with Gasteiger partial charge >= 0.3 is 5.97 Å². The summed E-state index contributed by atoms with van der Waals surface area (Å²) in [5, 5.41) is 3.09. The molecule has 0 bridgehead atoms. The first-order valence-corrected chi connectivity index (χ1v) is 13.5. The Morgan fingerprint density at radius 3 is 1.97 bits per heavy atom. The third-order valence-electron chi connectivity index (χ3n) is 7.11. The minimum absolute atomic E-state index is 0.00144. The lowest BCUT2D eigenvalue weighted by molar-refractivity contribution is -0.154. The molecule has 2 amide bonds. The van der Waals surface area contributed by atoms with Crippen LogP contribution in [0.25, 0.3) is 0 Å². The first-order valence-electron chi connectivity index (χ1n) is 13.1. The molecule has 2 atom stereocenters. The summed E-state index contributed by atoms with van der Waals surface area (Å²) in [6, 6.07) is 0. The molecule has 0 aromatic rings. The number of hydrogen-bond acceptors (Lipinski definition) is 5. The SMILES string of the molecule is CCCC(C)C1(CC)C(=O)NC(=S)N(CCCCCCCCCCCCCC(=O)OC)C1=O. The number of carbonyl (C=O) groups is 3. The number of nitrogens with one attached hydrogen (secondary N) is 1. The van der Waals surface area contributed by atoms with Crippen molar-refractivity contribution in [1.82, 2.24) is 10.2 Å². The van der Waals surface area contributed by atoms with Gasteiger partial charge in [0.05, 0.1) is 7.11 Å². The summed E-state index contributed by atoms with van der Waals surface area (Å²) < 4.78 is 4.65. The van der Waals surface area contributed by atoms with E-state index < -0.39 is 5.41 Å². The van der Waals surface area contributed by atoms with Gasteiger partial charge in [-0.15, -0.1) is 0 Å². The summed E-state index contributed by atoms with van der Waals surface area (Å²) in [7, 11) is 1.44. The largest absolute Gasteiger partial charge is 0.469 e. The summed E-state index contributed by atoms with van der Waals surface area (Å²) in [6.45, 7) is 6.61. The van der Waals surface area contributed by atoms with E-state index in [-0.39, 0.29) is 28.8 Å². The molecule has 0 aromatic heterocycles. The Bertz CT molecular complexity index is 640. The fraction of sp³-hybridized carbons (Fsp3) is 0.846. The van der Waals surface area contributed by atoms with E-state index in [9.17, 15) is 14.4 Å². The Labute approximate surface area is 206 Å². The summed E-state index contributed by atoms with van der Waals surface area (Å²) in [5.74, 6) is -0.438. The van der Waals surface area contributed by atoms with Gasteiger partial charge in [0, 0.05) is 13.0 Å². The standard InChI is InChI=1S/C26H46N2O4S/c1-5-18-21(3)26(6-2)23(30)27-25(33)28(24(26)31)20-17-15-13-11-9-7-8-10-12-14-16-19-22(29)32-4/h21H,5-20H2,1-4H3,(H,27,30,33). The highest BCUT2D eigenvalue weighted by molar-refractivity contribution is 7.80. The van der Waals surface area contributed by atoms with Crippen molar-refractivity contribution in [2.24, 2.45) is 11.3 Å². The van der Waals surface area contributed by atoms with E-state index in [1.165, 1.54) is 45.6 Å². The van der Waals surface area contributed by atoms with Gasteiger partial charge in [-0.1, -0.05) is 85.0 Å². The van der Waals surface area contributed by atoms with Crippen LogP contribution in [0.2, 0.25) is 0 Å². The van der Waals surface area contributed by atoms with Crippen LogP contribution in [0.3, 0.4) is 0 Å². The lowest BCUT2D eigenvalue weighted by atomic mass is 9.69. The van der Waals surface area contributed by atoms with Crippen LogP contribution in [-0.4, -0.2) is 41.5 Å². The monoisotopic (exact) mass is 482 g/mol. The number of hydrogen-bond donors (Lipinski definition) is 1. The molecule has 2 unspecified atom stereocenters. The number of ether oxygens (including phenoxy) is 1. The Balaban J connectivity index is 2.23. The average Bonchev–Trinajstić information content (AvgIpc) is 2.79. The second kappa shape index (κ2) is 16.2. The molecule has 0 aliphatic carbocycles. The maximum absolute atomic E-state index is 13.4. The molecule has 1 fully saturated rings. The van der Waals surface area contributed by atoms with Gasteiger partial charge < -0.3 is 10.1 Å². The normalized spacial score (nSPS) is 19.5. The summed E-state index contributed by atoms with van der Waals surface area (Å²) >= 11 is 5.34. The van der Waals surface area contributed by atoms with Crippen LogP contribution in [0.15, 0.2) is 0 Å². The molecule has 1 aliphatic heterocycles. The van der Waals surface area contributed by atoms with E-state index >= 15 is 0 Å². The van der Waals surface area contributed by atoms with Crippen LogP contribution in [0.1, 0.15) is 117 Å². The summed E-state index contributed by atoms with van der Waals surface area (Å²) in [4.78, 5) is 38.8. The maximum Gasteiger partial charge on any atom is 0.305 e. The fourth-order valence-corrected chi connectivity index (χ4v) is 5.18. The average molecular weight is 483 g/mol. The molecule has 1 rings (SSSR count). The molecule has 6 nitrogen and oxygen atoms in total. The third-order valence-corrected chi connectivity index (χ3v) is 7.43. The molecule has 33 heavy (non-hydrogen) atoms. The number of rotatable bonds is 18. The molecule has 0 aromatic carbocycles. The maximum atomic E-state index is 13.4. The molecule has 1 aliphatic rings. The van der Waals surface area contributed by atoms with E-state index in [0.717, 1.165) is 44.9 Å². The fourth-order valence-electron chi connectivity index (χ4n) is 4.92. The van der Waals surface area contributed by atoms with Crippen molar-refractivity contribution in [1.29, 1.82) is 0 Å². The molecule has 1 N–H and O–H groups in total. The van der Waals surface area contributed by atoms with Crippen molar-refractivity contribution in [3.8, 4) is 0 Å². The highest BCUT2D eigenvalue weighted by Crippen LogP contribution is 2.39. The van der Waals surface area contributed by atoms with Crippen molar-refractivity contribution in [3.63, 3.8) is 0 Å². The minimum Gasteiger partial charge on any atom is -0.469 e. The summed E-state index contributed by atoms with van der Waals surface area (Å²) in [5.41, 5.74) is -0.988. The third kappa shape index (κ3) is 8.99. The smallest absolute Gasteiger partial charge is 0.305 e. The van der Waals surface area contributed by atoms with Gasteiger partial charge in [-0.05, 0) is 43.8 Å². The van der Waals surface area contributed by atoms with E-state index in [1.54, 1.807) is 4.90 Å². The number of methoxy groups -OCH3 is 1. The van der Waals surface area contributed by atoms with Gasteiger partial charge in [-0.3, -0.25) is 19.3 Å². The first-order chi connectivity index (χ1) is 15.8. The van der Waals surface area contributed by atoms with Crippen LogP contribution < -0.4 is 5.32 Å². The van der Waals surface area contributed by atoms with Crippen molar-refractivity contribution in [2.45, 2.75) is 117 Å². The van der Waals surface area contributed by atoms with E-state index in [1.807, 2.05) is 13.8 Å². The lowest BCUT2D eigenvalue weighted by Gasteiger charge is -2.43. The zero-order valence-electron chi connectivity index (χ0n) is 21.4. The second-order valence-corrected chi connectivity index (χ2v) is 9.83. The molecule has 0 radical (unpaired) electrons. The number of unbranched alkanes of at least 4 members (excludes halogenated alkanes) is 10. The van der Waals surface area contributed by atoms with Crippen LogP contribution in [0.5, 0.6) is 0 Å². The van der Waals surface area contributed by atoms with Crippen LogP contribution in [0, 0.1) is 11.3 Å². The lowest BCUT2D eigenvalue weighted by Crippen LogP contribution is -2.65. The van der Waals surface area contributed by atoms with E-state index in [2.05, 4.69) is 17.0 Å². The molecular formula is C26H46N2O4S. The van der Waals surface area contributed by atoms with Crippen molar-refractivity contribution < 1.29 is 19.1 Å². The Morgan fingerprint density at radius 2 is 1.48 bits per heavy atom. The molecular weight excluding hydrogens is 436 g/mol. The minimum atomic E-state index is -0.988. The molecule has 0 saturated carbocycles. The molecule has 7 heteroatoms. The Kier molecular flexibility index (Phi) is 14.5. The molecule has 0 spiro atoms. The van der Waals surface area contributed by atoms with Crippen LogP contribution in [0.4, 0.5) is 0 Å². The van der Waals surface area contributed by atoms with Gasteiger partial charge in [0.2, 0.25) is 11.8 Å². The number of amides is 2. The summed E-state index contributed by atoms with van der Waals surface area (Å²) in [6.07, 6.45) is 15.4. The first kappa shape index (κ1) is 29.5. The van der Waals surface area contributed by atoms with Crippen molar-refractivity contribution in [2.75, 3.05) is 13.7 Å². The molecule has 1 saturated heterocycles. The molecule has 190 valence electrons. The van der Waals surface area contributed by atoms with Gasteiger partial charge in [0.15, 0.2) is 5.11 Å². The quantitative estimate of drug-likeness (QED) is 0.114. The number of thiocarbonyl (C=S) groups is 1.